The third-order valence-electron chi connectivity index (χ3n) is 4.97. The number of aliphatic hydroxyl groups is 2. The molecule has 1 fully saturated rings. The number of nitrogens with zero attached hydrogens (tertiary/aromatic N) is 1. The lowest BCUT2D eigenvalue weighted by Crippen LogP contribution is -2.59. The van der Waals surface area contributed by atoms with Gasteiger partial charge in [0.1, 0.15) is 17.5 Å². The molecule has 1 saturated heterocycles. The van der Waals surface area contributed by atoms with Crippen molar-refractivity contribution in [3.63, 3.8) is 0 Å². The Balaban J connectivity index is 2.38. The van der Waals surface area contributed by atoms with Crippen LogP contribution >= 0.6 is 11.6 Å². The number of nitrogens with two attached hydrogens (primary N) is 1. The molecule has 0 bridgehead atoms. The molecule has 0 spiro atoms. The molecular weight excluding hydrogens is 335 g/mol. The maximum absolute atomic E-state index is 14.5. The van der Waals surface area contributed by atoms with E-state index in [1.54, 1.807) is 26.8 Å². The second-order valence-corrected chi connectivity index (χ2v) is 7.18. The van der Waals surface area contributed by atoms with E-state index in [9.17, 15) is 14.3 Å². The molecule has 1 aromatic carbocycles. The number of hydrogen-bond acceptors (Lipinski definition) is 4. The summed E-state index contributed by atoms with van der Waals surface area (Å²) >= 11 is 5.88. The maximum atomic E-state index is 14.5. The third-order valence-corrected chi connectivity index (χ3v) is 5.19. The SMILES string of the molecule is Cc1cc(Cl)cc(F)c1C1(O)C(C)CN(C(=O)C(N)CO)CC1C. The van der Waals surface area contributed by atoms with Gasteiger partial charge in [-0.3, -0.25) is 4.79 Å². The van der Waals surface area contributed by atoms with Crippen LogP contribution < -0.4 is 5.73 Å². The lowest BCUT2D eigenvalue weighted by molar-refractivity contribution is -0.151. The molecule has 1 aliphatic rings. The van der Waals surface area contributed by atoms with Gasteiger partial charge >= 0.3 is 0 Å². The molecule has 1 heterocycles. The second kappa shape index (κ2) is 6.96. The number of carbonyl (C=O) groups excluding carboxylic acids is 1. The first-order chi connectivity index (χ1) is 11.1. The van der Waals surface area contributed by atoms with Crippen molar-refractivity contribution in [1.82, 2.24) is 4.90 Å². The van der Waals surface area contributed by atoms with Gasteiger partial charge in [-0.25, -0.2) is 4.39 Å². The number of aryl methyl sites for hydroxylation is 1. The highest BCUT2D eigenvalue weighted by atomic mass is 35.5. The molecule has 3 unspecified atom stereocenters. The number of piperidine rings is 1. The van der Waals surface area contributed by atoms with Crippen LogP contribution in [-0.2, 0) is 10.4 Å². The first kappa shape index (κ1) is 19.1. The van der Waals surface area contributed by atoms with Crippen molar-refractivity contribution in [2.45, 2.75) is 32.4 Å². The Hall–Kier alpha value is -1.21. The van der Waals surface area contributed by atoms with E-state index in [1.165, 1.54) is 11.0 Å². The number of carbonyl (C=O) groups is 1. The number of hydrogen-bond donors (Lipinski definition) is 3. The fraction of sp³-hybridized carbons (Fsp3) is 0.588. The highest BCUT2D eigenvalue weighted by Crippen LogP contribution is 2.44. The quantitative estimate of drug-likeness (QED) is 0.762. The van der Waals surface area contributed by atoms with Crippen molar-refractivity contribution in [2.75, 3.05) is 19.7 Å². The molecule has 24 heavy (non-hydrogen) atoms. The van der Waals surface area contributed by atoms with E-state index in [1.807, 2.05) is 0 Å². The summed E-state index contributed by atoms with van der Waals surface area (Å²) in [5.41, 5.74) is 4.99. The summed E-state index contributed by atoms with van der Waals surface area (Å²) in [6.07, 6.45) is 0. The van der Waals surface area contributed by atoms with E-state index in [0.717, 1.165) is 0 Å². The van der Waals surface area contributed by atoms with Gasteiger partial charge in [0, 0.05) is 35.5 Å². The van der Waals surface area contributed by atoms with Gasteiger partial charge in [-0.2, -0.15) is 0 Å². The standard InChI is InChI=1S/C17H24ClFN2O3/c1-9-4-12(18)5-13(19)15(9)17(24)10(2)6-21(7-11(17)3)16(23)14(20)8-22/h4-5,10-11,14,22,24H,6-8,20H2,1-3H3. The van der Waals surface area contributed by atoms with Crippen LogP contribution in [0.5, 0.6) is 0 Å². The third kappa shape index (κ3) is 3.16. The summed E-state index contributed by atoms with van der Waals surface area (Å²) in [4.78, 5) is 13.7. The van der Waals surface area contributed by atoms with Crippen molar-refractivity contribution >= 4 is 17.5 Å². The molecule has 0 aliphatic carbocycles. The van der Waals surface area contributed by atoms with Crippen molar-refractivity contribution in [1.29, 1.82) is 0 Å². The summed E-state index contributed by atoms with van der Waals surface area (Å²) < 4.78 is 14.5. The second-order valence-electron chi connectivity index (χ2n) is 6.74. The minimum absolute atomic E-state index is 0.227. The highest BCUT2D eigenvalue weighted by molar-refractivity contribution is 6.30. The number of rotatable bonds is 3. The fourth-order valence-electron chi connectivity index (χ4n) is 3.69. The van der Waals surface area contributed by atoms with Crippen molar-refractivity contribution in [2.24, 2.45) is 17.6 Å². The normalized spacial score (nSPS) is 28.8. The fourth-order valence-corrected chi connectivity index (χ4v) is 3.95. The van der Waals surface area contributed by atoms with E-state index in [-0.39, 0.29) is 29.6 Å². The molecule has 4 N–H and O–H groups in total. The van der Waals surface area contributed by atoms with Gasteiger partial charge < -0.3 is 20.8 Å². The molecular formula is C17H24ClFN2O3. The van der Waals surface area contributed by atoms with E-state index < -0.39 is 35.9 Å². The summed E-state index contributed by atoms with van der Waals surface area (Å²) in [6, 6.07) is 1.83. The molecule has 134 valence electrons. The smallest absolute Gasteiger partial charge is 0.241 e. The maximum Gasteiger partial charge on any atom is 0.241 e. The first-order valence-corrected chi connectivity index (χ1v) is 8.34. The molecule has 2 rings (SSSR count). The van der Waals surface area contributed by atoms with Crippen molar-refractivity contribution < 1.29 is 19.4 Å². The minimum atomic E-state index is -1.42. The summed E-state index contributed by atoms with van der Waals surface area (Å²) in [7, 11) is 0. The average Bonchev–Trinajstić information content (AvgIpc) is 2.49. The molecule has 1 amide bonds. The zero-order valence-electron chi connectivity index (χ0n) is 14.1. The predicted octanol–water partition coefficient (Wildman–Crippen LogP) is 1.41. The van der Waals surface area contributed by atoms with Crippen LogP contribution in [0.4, 0.5) is 4.39 Å². The highest BCUT2D eigenvalue weighted by Gasteiger charge is 2.49. The van der Waals surface area contributed by atoms with E-state index in [4.69, 9.17) is 22.4 Å². The van der Waals surface area contributed by atoms with Crippen molar-refractivity contribution in [3.05, 3.63) is 34.1 Å². The number of benzene rings is 1. The summed E-state index contributed by atoms with van der Waals surface area (Å²) in [6.45, 7) is 5.28. The van der Waals surface area contributed by atoms with Gasteiger partial charge in [0.25, 0.3) is 0 Å². The Labute approximate surface area is 146 Å². The van der Waals surface area contributed by atoms with Crippen LogP contribution in [0.25, 0.3) is 0 Å². The van der Waals surface area contributed by atoms with Gasteiger partial charge in [-0.1, -0.05) is 25.4 Å². The molecule has 5 nitrogen and oxygen atoms in total. The van der Waals surface area contributed by atoms with Crippen molar-refractivity contribution in [3.8, 4) is 0 Å². The van der Waals surface area contributed by atoms with Crippen LogP contribution in [-0.4, -0.2) is 46.8 Å². The average molecular weight is 359 g/mol. The molecule has 0 aromatic heterocycles. The Morgan fingerprint density at radius 2 is 2.00 bits per heavy atom. The van der Waals surface area contributed by atoms with Gasteiger partial charge in [-0.15, -0.1) is 0 Å². The lowest BCUT2D eigenvalue weighted by Gasteiger charge is -2.49. The molecule has 3 atom stereocenters. The Morgan fingerprint density at radius 3 is 2.46 bits per heavy atom. The lowest BCUT2D eigenvalue weighted by atomic mass is 9.69. The monoisotopic (exact) mass is 358 g/mol. The number of halogens is 2. The van der Waals surface area contributed by atoms with E-state index >= 15 is 0 Å². The first-order valence-electron chi connectivity index (χ1n) is 7.96. The zero-order chi connectivity index (χ0) is 18.2. The minimum Gasteiger partial charge on any atom is -0.394 e. The molecule has 1 aliphatic heterocycles. The van der Waals surface area contributed by atoms with Gasteiger partial charge in [0.15, 0.2) is 0 Å². The largest absolute Gasteiger partial charge is 0.394 e. The molecule has 0 saturated carbocycles. The summed E-state index contributed by atoms with van der Waals surface area (Å²) in [5.74, 6) is -1.74. The van der Waals surface area contributed by atoms with Crippen LogP contribution in [0.2, 0.25) is 5.02 Å². The number of likely N-dealkylation sites (tertiary alicyclic amines) is 1. The number of aliphatic hydroxyl groups excluding tert-OH is 1. The van der Waals surface area contributed by atoms with Crippen LogP contribution in [0.15, 0.2) is 12.1 Å². The van der Waals surface area contributed by atoms with E-state index in [0.29, 0.717) is 5.56 Å². The van der Waals surface area contributed by atoms with E-state index in [2.05, 4.69) is 0 Å². The van der Waals surface area contributed by atoms with Gasteiger partial charge in [0.05, 0.1) is 6.61 Å². The van der Waals surface area contributed by atoms with Gasteiger partial charge in [0.2, 0.25) is 5.91 Å². The zero-order valence-corrected chi connectivity index (χ0v) is 14.8. The summed E-state index contributed by atoms with van der Waals surface area (Å²) in [5, 5.41) is 20.7. The Morgan fingerprint density at radius 1 is 1.46 bits per heavy atom. The van der Waals surface area contributed by atoms with Crippen LogP contribution in [0.1, 0.15) is 25.0 Å². The number of amides is 1. The van der Waals surface area contributed by atoms with Crippen LogP contribution in [0.3, 0.4) is 0 Å². The topological polar surface area (TPSA) is 86.8 Å². The molecule has 7 heteroatoms. The molecule has 1 aromatic rings. The van der Waals surface area contributed by atoms with Gasteiger partial charge in [-0.05, 0) is 24.6 Å². The molecule has 0 radical (unpaired) electrons. The Bertz CT molecular complexity index is 605. The predicted molar refractivity (Wildman–Crippen MR) is 90.0 cm³/mol. The Kier molecular flexibility index (Phi) is 5.54. The van der Waals surface area contributed by atoms with Crippen LogP contribution in [0, 0.1) is 24.6 Å².